The number of thioether (sulfide) groups is 1. The number of benzene rings is 1. The van der Waals surface area contributed by atoms with Crippen LogP contribution in [-0.2, 0) is 4.79 Å². The summed E-state index contributed by atoms with van der Waals surface area (Å²) in [6.45, 7) is 0.281. The van der Waals surface area contributed by atoms with Gasteiger partial charge in [0.2, 0.25) is 5.91 Å². The fourth-order valence-corrected chi connectivity index (χ4v) is 3.85. The summed E-state index contributed by atoms with van der Waals surface area (Å²) in [5.74, 6) is -0.355. The molecule has 0 aliphatic carbocycles. The topological polar surface area (TPSA) is 20.3 Å². The van der Waals surface area contributed by atoms with E-state index >= 15 is 0 Å². The van der Waals surface area contributed by atoms with Crippen LogP contribution >= 0.6 is 35.0 Å². The number of alkyl halides is 3. The van der Waals surface area contributed by atoms with E-state index in [-0.39, 0.29) is 6.54 Å². The van der Waals surface area contributed by atoms with Crippen LogP contribution in [0, 0.1) is 0 Å². The van der Waals surface area contributed by atoms with Crippen LogP contribution in [0.25, 0.3) is 0 Å². The van der Waals surface area contributed by atoms with Crippen molar-refractivity contribution in [1.82, 2.24) is 4.90 Å². The van der Waals surface area contributed by atoms with Gasteiger partial charge in [0.15, 0.2) is 0 Å². The second-order valence-corrected chi connectivity index (χ2v) is 6.30. The van der Waals surface area contributed by atoms with Gasteiger partial charge in [-0.05, 0) is 12.1 Å². The van der Waals surface area contributed by atoms with Crippen LogP contribution in [0.2, 0.25) is 10.0 Å². The molecule has 0 radical (unpaired) electrons. The quantitative estimate of drug-likeness (QED) is 0.786. The third kappa shape index (κ3) is 3.74. The molecular weight excluding hydrogens is 334 g/mol. The van der Waals surface area contributed by atoms with Crippen molar-refractivity contribution in [1.29, 1.82) is 0 Å². The average molecular weight is 344 g/mol. The van der Waals surface area contributed by atoms with E-state index in [1.54, 1.807) is 12.1 Å². The van der Waals surface area contributed by atoms with Crippen molar-refractivity contribution in [2.24, 2.45) is 0 Å². The summed E-state index contributed by atoms with van der Waals surface area (Å²) in [7, 11) is 0. The Hall–Kier alpha value is -0.590. The lowest BCUT2D eigenvalue weighted by Gasteiger charge is -2.25. The summed E-state index contributed by atoms with van der Waals surface area (Å²) in [6.07, 6.45) is -5.95. The first-order valence-electron chi connectivity index (χ1n) is 5.71. The lowest BCUT2D eigenvalue weighted by atomic mass is 10.2. The number of halogens is 5. The molecule has 1 atom stereocenters. The standard InChI is InChI=1S/C12H10Cl2F3NOS/c13-7-1-2-8(9(14)5-7)11-18(3-4-20-11)10(19)6-12(15,16)17/h1-2,5,11H,3-4,6H2. The molecule has 1 unspecified atom stereocenters. The Morgan fingerprint density at radius 2 is 2.10 bits per heavy atom. The van der Waals surface area contributed by atoms with Gasteiger partial charge in [-0.3, -0.25) is 4.79 Å². The van der Waals surface area contributed by atoms with Crippen molar-refractivity contribution in [2.75, 3.05) is 12.3 Å². The number of nitrogens with zero attached hydrogens (tertiary/aromatic N) is 1. The Morgan fingerprint density at radius 1 is 1.40 bits per heavy atom. The fraction of sp³-hybridized carbons (Fsp3) is 0.417. The maximum atomic E-state index is 12.3. The Morgan fingerprint density at radius 3 is 2.70 bits per heavy atom. The van der Waals surface area contributed by atoms with Crippen LogP contribution in [0.4, 0.5) is 13.2 Å². The summed E-state index contributed by atoms with van der Waals surface area (Å²) in [5.41, 5.74) is 0.606. The van der Waals surface area contributed by atoms with Gasteiger partial charge in [0.05, 0.1) is 0 Å². The zero-order chi connectivity index (χ0) is 14.9. The van der Waals surface area contributed by atoms with E-state index < -0.39 is 23.9 Å². The molecule has 1 aliphatic rings. The predicted octanol–water partition coefficient (Wildman–Crippen LogP) is 4.52. The Bertz CT molecular complexity index is 524. The van der Waals surface area contributed by atoms with Crippen LogP contribution in [0.1, 0.15) is 17.4 Å². The van der Waals surface area contributed by atoms with E-state index in [4.69, 9.17) is 23.2 Å². The van der Waals surface area contributed by atoms with Gasteiger partial charge >= 0.3 is 6.18 Å². The van der Waals surface area contributed by atoms with Gasteiger partial charge in [-0.15, -0.1) is 11.8 Å². The van der Waals surface area contributed by atoms with Gasteiger partial charge in [-0.2, -0.15) is 13.2 Å². The van der Waals surface area contributed by atoms with Gasteiger partial charge < -0.3 is 4.90 Å². The molecule has 8 heteroatoms. The average Bonchev–Trinajstić information content (AvgIpc) is 2.75. The van der Waals surface area contributed by atoms with Gasteiger partial charge in [0.1, 0.15) is 11.8 Å². The molecule has 0 spiro atoms. The van der Waals surface area contributed by atoms with Gasteiger partial charge in [-0.1, -0.05) is 29.3 Å². The van der Waals surface area contributed by atoms with Crippen LogP contribution in [0.15, 0.2) is 18.2 Å². The summed E-state index contributed by atoms with van der Waals surface area (Å²) in [5, 5.41) is 0.297. The van der Waals surface area contributed by atoms with E-state index in [2.05, 4.69) is 0 Å². The molecule has 1 heterocycles. The number of amides is 1. The highest BCUT2D eigenvalue weighted by Gasteiger charge is 2.38. The molecule has 1 fully saturated rings. The number of rotatable bonds is 2. The van der Waals surface area contributed by atoms with E-state index in [0.717, 1.165) is 0 Å². The lowest BCUT2D eigenvalue weighted by Crippen LogP contribution is -2.33. The molecule has 1 saturated heterocycles. The number of hydrogen-bond donors (Lipinski definition) is 0. The first-order valence-corrected chi connectivity index (χ1v) is 7.51. The molecular formula is C12H10Cl2F3NOS. The minimum atomic E-state index is -4.50. The van der Waals surface area contributed by atoms with Crippen molar-refractivity contribution < 1.29 is 18.0 Å². The molecule has 1 aromatic rings. The molecule has 0 saturated carbocycles. The van der Waals surface area contributed by atoms with Crippen molar-refractivity contribution >= 4 is 40.9 Å². The van der Waals surface area contributed by atoms with Crippen LogP contribution in [0.5, 0.6) is 0 Å². The monoisotopic (exact) mass is 343 g/mol. The molecule has 2 nitrogen and oxygen atoms in total. The normalized spacial score (nSPS) is 19.4. The second-order valence-electron chi connectivity index (χ2n) is 4.27. The molecule has 1 amide bonds. The van der Waals surface area contributed by atoms with Crippen molar-refractivity contribution in [3.05, 3.63) is 33.8 Å². The molecule has 0 bridgehead atoms. The maximum Gasteiger partial charge on any atom is 0.397 e. The predicted molar refractivity (Wildman–Crippen MR) is 74.0 cm³/mol. The molecule has 0 aromatic heterocycles. The molecule has 1 aromatic carbocycles. The zero-order valence-electron chi connectivity index (χ0n) is 10.1. The van der Waals surface area contributed by atoms with Gasteiger partial charge in [-0.25, -0.2) is 0 Å². The Balaban J connectivity index is 2.21. The molecule has 110 valence electrons. The van der Waals surface area contributed by atoms with E-state index in [9.17, 15) is 18.0 Å². The number of carbonyl (C=O) groups is 1. The Kier molecular flexibility index (Phi) is 4.76. The fourth-order valence-electron chi connectivity index (χ4n) is 1.96. The summed E-state index contributed by atoms with van der Waals surface area (Å²) >= 11 is 13.2. The summed E-state index contributed by atoms with van der Waals surface area (Å²) in [6, 6.07) is 4.76. The summed E-state index contributed by atoms with van der Waals surface area (Å²) < 4.78 is 37.0. The summed E-state index contributed by atoms with van der Waals surface area (Å²) in [4.78, 5) is 13.0. The molecule has 0 N–H and O–H groups in total. The highest BCUT2D eigenvalue weighted by molar-refractivity contribution is 7.99. The van der Waals surface area contributed by atoms with Gasteiger partial charge in [0, 0.05) is 27.9 Å². The van der Waals surface area contributed by atoms with Crippen molar-refractivity contribution in [2.45, 2.75) is 18.0 Å². The van der Waals surface area contributed by atoms with E-state index in [1.165, 1.54) is 22.7 Å². The third-order valence-electron chi connectivity index (χ3n) is 2.79. The Labute approximate surface area is 128 Å². The number of carbonyl (C=O) groups excluding carboxylic acids is 1. The largest absolute Gasteiger partial charge is 0.397 e. The molecule has 2 rings (SSSR count). The van der Waals surface area contributed by atoms with Crippen LogP contribution in [-0.4, -0.2) is 29.3 Å². The molecule has 20 heavy (non-hydrogen) atoms. The smallest absolute Gasteiger partial charge is 0.325 e. The second kappa shape index (κ2) is 6.03. The maximum absolute atomic E-state index is 12.3. The van der Waals surface area contributed by atoms with Crippen molar-refractivity contribution in [3.63, 3.8) is 0 Å². The van der Waals surface area contributed by atoms with E-state index in [1.807, 2.05) is 0 Å². The lowest BCUT2D eigenvalue weighted by molar-refractivity contribution is -0.161. The number of hydrogen-bond acceptors (Lipinski definition) is 2. The third-order valence-corrected chi connectivity index (χ3v) is 4.60. The minimum absolute atomic E-state index is 0.281. The minimum Gasteiger partial charge on any atom is -0.325 e. The highest BCUT2D eigenvalue weighted by atomic mass is 35.5. The SMILES string of the molecule is O=C(CC(F)(F)F)N1CCSC1c1ccc(Cl)cc1Cl. The van der Waals surface area contributed by atoms with Gasteiger partial charge in [0.25, 0.3) is 0 Å². The first-order chi connectivity index (χ1) is 9.28. The van der Waals surface area contributed by atoms with Crippen LogP contribution < -0.4 is 0 Å². The van der Waals surface area contributed by atoms with Crippen LogP contribution in [0.3, 0.4) is 0 Å². The molecule has 1 aliphatic heterocycles. The van der Waals surface area contributed by atoms with Crippen molar-refractivity contribution in [3.8, 4) is 0 Å². The first kappa shape index (κ1) is 15.8. The van der Waals surface area contributed by atoms with E-state index in [0.29, 0.717) is 21.4 Å². The zero-order valence-corrected chi connectivity index (χ0v) is 12.4. The highest BCUT2D eigenvalue weighted by Crippen LogP contribution is 2.42.